The molecule has 1 aliphatic heterocycles. The number of hydrogen-bond acceptors (Lipinski definition) is 4. The first-order chi connectivity index (χ1) is 12.3. The lowest BCUT2D eigenvalue weighted by Gasteiger charge is -2.23. The van der Waals surface area contributed by atoms with Gasteiger partial charge in [0.15, 0.2) is 0 Å². The lowest BCUT2D eigenvalue weighted by atomic mass is 10.2. The van der Waals surface area contributed by atoms with Crippen LogP contribution in [0.4, 0.5) is 5.82 Å². The highest BCUT2D eigenvalue weighted by Crippen LogP contribution is 2.18. The van der Waals surface area contributed by atoms with Gasteiger partial charge in [-0.1, -0.05) is 43.2 Å². The van der Waals surface area contributed by atoms with Crippen LogP contribution in [0.15, 0.2) is 42.7 Å². The molecule has 5 heteroatoms. The van der Waals surface area contributed by atoms with Gasteiger partial charge in [0.25, 0.3) is 5.91 Å². The third-order valence-electron chi connectivity index (χ3n) is 4.69. The van der Waals surface area contributed by atoms with Crippen molar-refractivity contribution < 1.29 is 4.79 Å². The largest absolute Gasteiger partial charge is 0.357 e. The summed E-state index contributed by atoms with van der Waals surface area (Å²) in [4.78, 5) is 25.6. The summed E-state index contributed by atoms with van der Waals surface area (Å²) in [5.74, 6) is 0.834. The average Bonchev–Trinajstić information content (AvgIpc) is 2.96. The highest BCUT2D eigenvalue weighted by Gasteiger charge is 2.19. The molecule has 0 saturated carbocycles. The molecular weight excluding hydrogens is 312 g/mol. The molecule has 1 saturated heterocycles. The van der Waals surface area contributed by atoms with Crippen molar-refractivity contribution in [3.05, 3.63) is 54.0 Å². The van der Waals surface area contributed by atoms with Crippen LogP contribution in [0.1, 0.15) is 48.7 Å². The minimum absolute atomic E-state index is 0.0372. The zero-order chi connectivity index (χ0) is 17.5. The summed E-state index contributed by atoms with van der Waals surface area (Å²) in [6.45, 7) is 5.26. The number of amides is 1. The fraction of sp³-hybridized carbons (Fsp3) is 0.450. The second-order valence-electron chi connectivity index (χ2n) is 6.47. The molecule has 0 radical (unpaired) electrons. The molecule has 132 valence electrons. The highest BCUT2D eigenvalue weighted by molar-refractivity contribution is 5.92. The Morgan fingerprint density at radius 2 is 1.80 bits per heavy atom. The molecule has 1 amide bonds. The highest BCUT2D eigenvalue weighted by atomic mass is 16.2. The number of carbonyl (C=O) groups is 1. The second-order valence-corrected chi connectivity index (χ2v) is 6.47. The van der Waals surface area contributed by atoms with Crippen molar-refractivity contribution in [3.63, 3.8) is 0 Å². The van der Waals surface area contributed by atoms with Crippen LogP contribution in [0.3, 0.4) is 0 Å². The van der Waals surface area contributed by atoms with Gasteiger partial charge in [0.1, 0.15) is 17.8 Å². The fourth-order valence-electron chi connectivity index (χ4n) is 3.23. The molecule has 1 fully saturated rings. The summed E-state index contributed by atoms with van der Waals surface area (Å²) in [5, 5.41) is 0. The van der Waals surface area contributed by atoms with Crippen LogP contribution in [-0.2, 0) is 6.54 Å². The van der Waals surface area contributed by atoms with Crippen molar-refractivity contribution in [1.82, 2.24) is 14.9 Å². The molecule has 1 aromatic heterocycles. The standard InChI is InChI=1S/C20H26N4O/c1-2-23(15-17-10-6-5-7-11-17)20(25)18-14-19(22-16-21-18)24-12-8-3-4-9-13-24/h5-7,10-11,14,16H,2-4,8-9,12-13,15H2,1H3. The van der Waals surface area contributed by atoms with E-state index >= 15 is 0 Å². The molecule has 2 aromatic rings. The third kappa shape index (κ3) is 4.56. The van der Waals surface area contributed by atoms with Gasteiger partial charge in [-0.05, 0) is 25.3 Å². The van der Waals surface area contributed by atoms with E-state index in [1.807, 2.05) is 48.2 Å². The Hall–Kier alpha value is -2.43. The zero-order valence-corrected chi connectivity index (χ0v) is 14.9. The Morgan fingerprint density at radius 3 is 2.48 bits per heavy atom. The summed E-state index contributed by atoms with van der Waals surface area (Å²) in [6.07, 6.45) is 6.43. The van der Waals surface area contributed by atoms with Crippen LogP contribution >= 0.6 is 0 Å². The first kappa shape index (κ1) is 17.4. The minimum atomic E-state index is -0.0372. The van der Waals surface area contributed by atoms with E-state index in [0.717, 1.165) is 24.5 Å². The molecule has 0 aliphatic carbocycles. The Morgan fingerprint density at radius 1 is 1.08 bits per heavy atom. The Kier molecular flexibility index (Phi) is 5.99. The second kappa shape index (κ2) is 8.60. The van der Waals surface area contributed by atoms with E-state index in [-0.39, 0.29) is 5.91 Å². The minimum Gasteiger partial charge on any atom is -0.357 e. The van der Waals surface area contributed by atoms with Crippen molar-refractivity contribution in [1.29, 1.82) is 0 Å². The van der Waals surface area contributed by atoms with Gasteiger partial charge < -0.3 is 9.80 Å². The molecule has 0 N–H and O–H groups in total. The van der Waals surface area contributed by atoms with Gasteiger partial charge in [-0.25, -0.2) is 9.97 Å². The zero-order valence-electron chi connectivity index (χ0n) is 14.9. The SMILES string of the molecule is CCN(Cc1ccccc1)C(=O)c1cc(N2CCCCCC2)ncn1. The van der Waals surface area contributed by atoms with Gasteiger partial charge >= 0.3 is 0 Å². The number of aromatic nitrogens is 2. The van der Waals surface area contributed by atoms with E-state index in [1.54, 1.807) is 0 Å². The first-order valence-electron chi connectivity index (χ1n) is 9.18. The van der Waals surface area contributed by atoms with E-state index in [1.165, 1.54) is 32.0 Å². The average molecular weight is 338 g/mol. The van der Waals surface area contributed by atoms with Crippen LogP contribution in [0.5, 0.6) is 0 Å². The molecule has 0 atom stereocenters. The van der Waals surface area contributed by atoms with E-state index in [0.29, 0.717) is 18.8 Å². The molecule has 1 aliphatic rings. The van der Waals surface area contributed by atoms with E-state index < -0.39 is 0 Å². The van der Waals surface area contributed by atoms with Crippen LogP contribution in [-0.4, -0.2) is 40.4 Å². The number of nitrogens with zero attached hydrogens (tertiary/aromatic N) is 4. The lowest BCUT2D eigenvalue weighted by Crippen LogP contribution is -2.31. The van der Waals surface area contributed by atoms with Crippen molar-refractivity contribution in [3.8, 4) is 0 Å². The molecule has 3 rings (SSSR count). The van der Waals surface area contributed by atoms with Crippen molar-refractivity contribution >= 4 is 11.7 Å². The van der Waals surface area contributed by atoms with Gasteiger partial charge in [-0.2, -0.15) is 0 Å². The van der Waals surface area contributed by atoms with Gasteiger partial charge in [0, 0.05) is 32.2 Å². The third-order valence-corrected chi connectivity index (χ3v) is 4.69. The van der Waals surface area contributed by atoms with Gasteiger partial charge in [-0.15, -0.1) is 0 Å². The number of benzene rings is 1. The summed E-state index contributed by atoms with van der Waals surface area (Å²) in [5.41, 5.74) is 1.60. The first-order valence-corrected chi connectivity index (χ1v) is 9.18. The van der Waals surface area contributed by atoms with Gasteiger partial charge in [0.2, 0.25) is 0 Å². The predicted octanol–water partition coefficient (Wildman–Crippen LogP) is 3.52. The van der Waals surface area contributed by atoms with Crippen molar-refractivity contribution in [2.45, 2.75) is 39.2 Å². The molecule has 25 heavy (non-hydrogen) atoms. The van der Waals surface area contributed by atoms with Crippen LogP contribution in [0.2, 0.25) is 0 Å². The topological polar surface area (TPSA) is 49.3 Å². The number of anilines is 1. The predicted molar refractivity (Wildman–Crippen MR) is 99.6 cm³/mol. The molecule has 5 nitrogen and oxygen atoms in total. The molecule has 0 bridgehead atoms. The smallest absolute Gasteiger partial charge is 0.272 e. The molecule has 0 unspecified atom stereocenters. The van der Waals surface area contributed by atoms with Crippen molar-refractivity contribution in [2.24, 2.45) is 0 Å². The van der Waals surface area contributed by atoms with E-state index in [4.69, 9.17) is 0 Å². The number of rotatable bonds is 5. The molecular formula is C20H26N4O. The van der Waals surface area contributed by atoms with Crippen LogP contribution < -0.4 is 4.90 Å². The molecule has 1 aromatic carbocycles. The van der Waals surface area contributed by atoms with Gasteiger partial charge in [0.05, 0.1) is 0 Å². The lowest BCUT2D eigenvalue weighted by molar-refractivity contribution is 0.0746. The Labute approximate surface area is 149 Å². The number of hydrogen-bond donors (Lipinski definition) is 0. The van der Waals surface area contributed by atoms with Crippen molar-refractivity contribution in [2.75, 3.05) is 24.5 Å². The number of carbonyl (C=O) groups excluding carboxylic acids is 1. The Balaban J connectivity index is 1.75. The monoisotopic (exact) mass is 338 g/mol. The molecule has 2 heterocycles. The van der Waals surface area contributed by atoms with E-state index in [9.17, 15) is 4.79 Å². The summed E-state index contributed by atoms with van der Waals surface area (Å²) in [6, 6.07) is 11.9. The normalized spacial score (nSPS) is 14.8. The van der Waals surface area contributed by atoms with Crippen LogP contribution in [0.25, 0.3) is 0 Å². The van der Waals surface area contributed by atoms with Crippen LogP contribution in [0, 0.1) is 0 Å². The van der Waals surface area contributed by atoms with E-state index in [2.05, 4.69) is 14.9 Å². The Bertz CT molecular complexity index is 681. The quantitative estimate of drug-likeness (QED) is 0.837. The van der Waals surface area contributed by atoms with Gasteiger partial charge in [-0.3, -0.25) is 4.79 Å². The summed E-state index contributed by atoms with van der Waals surface area (Å²) in [7, 11) is 0. The maximum absolute atomic E-state index is 12.9. The fourth-order valence-corrected chi connectivity index (χ4v) is 3.23. The maximum Gasteiger partial charge on any atom is 0.272 e. The summed E-state index contributed by atoms with van der Waals surface area (Å²) < 4.78 is 0. The molecule has 0 spiro atoms. The summed E-state index contributed by atoms with van der Waals surface area (Å²) >= 11 is 0. The maximum atomic E-state index is 12.9.